The molecule has 1 heterocycles. The van der Waals surface area contributed by atoms with E-state index in [2.05, 4.69) is 22.3 Å². The molecule has 1 fully saturated rings. The second-order valence-electron chi connectivity index (χ2n) is 5.22. The number of aliphatic hydroxyl groups is 1. The van der Waals surface area contributed by atoms with Crippen LogP contribution in [-0.2, 0) is 0 Å². The van der Waals surface area contributed by atoms with Crippen molar-refractivity contribution < 1.29 is 5.11 Å². The van der Waals surface area contributed by atoms with E-state index in [0.29, 0.717) is 6.04 Å². The van der Waals surface area contributed by atoms with Gasteiger partial charge in [0.05, 0.1) is 0 Å². The zero-order valence-electron chi connectivity index (χ0n) is 12.8. The Labute approximate surface area is 121 Å². The molecule has 5 nitrogen and oxygen atoms in total. The molecule has 6 N–H and O–H groups in total. The molecule has 0 spiro atoms. The summed E-state index contributed by atoms with van der Waals surface area (Å²) in [6.45, 7) is 5.87. The number of likely N-dealkylation sites (N-methyl/N-ethyl adjacent to an activating group) is 1. The van der Waals surface area contributed by atoms with E-state index in [1.165, 1.54) is 5.69 Å². The lowest BCUT2D eigenvalue weighted by atomic mass is 10.1. The maximum Gasteiger partial charge on any atom is 0.0430 e. The minimum absolute atomic E-state index is 0.250. The van der Waals surface area contributed by atoms with Crippen LogP contribution in [0.15, 0.2) is 18.2 Å². The van der Waals surface area contributed by atoms with E-state index in [1.54, 1.807) is 6.92 Å². The van der Waals surface area contributed by atoms with Gasteiger partial charge in [0.2, 0.25) is 0 Å². The van der Waals surface area contributed by atoms with Crippen molar-refractivity contribution in [1.29, 1.82) is 0 Å². The molecule has 5 heteroatoms. The molecule has 1 aliphatic rings. The van der Waals surface area contributed by atoms with Gasteiger partial charge in [0, 0.05) is 43.2 Å². The van der Waals surface area contributed by atoms with Gasteiger partial charge in [-0.05, 0) is 51.1 Å². The van der Waals surface area contributed by atoms with E-state index in [-0.39, 0.29) is 12.6 Å². The summed E-state index contributed by atoms with van der Waals surface area (Å²) in [7, 11) is 1.98. The summed E-state index contributed by atoms with van der Waals surface area (Å²) in [5, 5.41) is 10.8. The fourth-order valence-electron chi connectivity index (χ4n) is 2.54. The van der Waals surface area contributed by atoms with Crippen molar-refractivity contribution in [3.8, 4) is 0 Å². The van der Waals surface area contributed by atoms with Crippen molar-refractivity contribution in [3.05, 3.63) is 23.8 Å². The Bertz CT molecular complexity index is 411. The van der Waals surface area contributed by atoms with Crippen molar-refractivity contribution in [2.24, 2.45) is 5.73 Å². The highest BCUT2D eigenvalue weighted by Crippen LogP contribution is 2.27. The zero-order valence-corrected chi connectivity index (χ0v) is 12.8. The first kappa shape index (κ1) is 16.8. The molecule has 1 saturated heterocycles. The molecule has 2 atom stereocenters. The number of hydrogen-bond donors (Lipinski definition) is 4. The first-order valence-electron chi connectivity index (χ1n) is 7.17. The van der Waals surface area contributed by atoms with E-state index in [4.69, 9.17) is 16.6 Å². The lowest BCUT2D eigenvalue weighted by Gasteiger charge is -2.27. The average Bonchev–Trinajstić information content (AvgIpc) is 2.75. The second-order valence-corrected chi connectivity index (χ2v) is 5.22. The molecule has 0 bridgehead atoms. The lowest BCUT2D eigenvalue weighted by Crippen LogP contribution is -2.37. The summed E-state index contributed by atoms with van der Waals surface area (Å²) in [5.74, 6) is 0. The second kappa shape index (κ2) is 8.09. The summed E-state index contributed by atoms with van der Waals surface area (Å²) in [6.07, 6.45) is 1.05. The van der Waals surface area contributed by atoms with Crippen LogP contribution in [0.2, 0.25) is 0 Å². The van der Waals surface area contributed by atoms with Crippen LogP contribution < -0.4 is 21.7 Å². The summed E-state index contributed by atoms with van der Waals surface area (Å²) in [6, 6.07) is 6.97. The van der Waals surface area contributed by atoms with E-state index in [1.807, 2.05) is 20.0 Å². The van der Waals surface area contributed by atoms with Crippen LogP contribution in [-0.4, -0.2) is 43.9 Å². The number of hydrogen-bond acceptors (Lipinski definition) is 5. The van der Waals surface area contributed by atoms with Crippen LogP contribution in [0.25, 0.3) is 0 Å². The van der Waals surface area contributed by atoms with Gasteiger partial charge in [-0.1, -0.05) is 0 Å². The SMILES string of the molecule is CCO.CNCC1CC(N)CN1c1ccc(N)c(C)c1. The van der Waals surface area contributed by atoms with Gasteiger partial charge in [0.25, 0.3) is 0 Å². The summed E-state index contributed by atoms with van der Waals surface area (Å²) in [5.41, 5.74) is 15.1. The molecule has 114 valence electrons. The molecular formula is C15H28N4O. The van der Waals surface area contributed by atoms with Gasteiger partial charge in [0.15, 0.2) is 0 Å². The standard InChI is InChI=1S/C13H22N4.C2H6O/c1-9-5-11(3-4-13(9)15)17-8-10(14)6-12(17)7-16-2;1-2-3/h3-5,10,12,16H,6-8,14-15H2,1-2H3;3H,2H2,1H3. The molecular weight excluding hydrogens is 252 g/mol. The first-order chi connectivity index (χ1) is 9.53. The molecule has 0 aromatic heterocycles. The Morgan fingerprint density at radius 2 is 2.10 bits per heavy atom. The predicted octanol–water partition coefficient (Wildman–Crippen LogP) is 0.701. The number of nitrogens with zero attached hydrogens (tertiary/aromatic N) is 1. The monoisotopic (exact) mass is 280 g/mol. The summed E-state index contributed by atoms with van der Waals surface area (Å²) < 4.78 is 0. The van der Waals surface area contributed by atoms with Gasteiger partial charge in [-0.15, -0.1) is 0 Å². The van der Waals surface area contributed by atoms with Crippen molar-refractivity contribution in [2.75, 3.05) is 37.4 Å². The zero-order chi connectivity index (χ0) is 15.1. The molecule has 1 aromatic rings. The Morgan fingerprint density at radius 3 is 2.65 bits per heavy atom. The molecule has 1 aromatic carbocycles. The fraction of sp³-hybridized carbons (Fsp3) is 0.600. The number of benzene rings is 1. The highest BCUT2D eigenvalue weighted by molar-refractivity contribution is 5.59. The predicted molar refractivity (Wildman–Crippen MR) is 86.0 cm³/mol. The number of aryl methyl sites for hydroxylation is 1. The highest BCUT2D eigenvalue weighted by Gasteiger charge is 2.29. The van der Waals surface area contributed by atoms with Crippen LogP contribution in [0, 0.1) is 6.92 Å². The number of anilines is 2. The van der Waals surface area contributed by atoms with Crippen molar-refractivity contribution >= 4 is 11.4 Å². The molecule has 0 aliphatic carbocycles. The maximum absolute atomic E-state index is 7.57. The van der Waals surface area contributed by atoms with Crippen LogP contribution in [0.5, 0.6) is 0 Å². The number of nitrogen functional groups attached to an aromatic ring is 1. The third-order valence-corrected chi connectivity index (χ3v) is 3.47. The van der Waals surface area contributed by atoms with Gasteiger partial charge in [-0.25, -0.2) is 0 Å². The van der Waals surface area contributed by atoms with E-state index in [0.717, 1.165) is 30.8 Å². The summed E-state index contributed by atoms with van der Waals surface area (Å²) in [4.78, 5) is 2.38. The van der Waals surface area contributed by atoms with Gasteiger partial charge in [0.1, 0.15) is 0 Å². The number of rotatable bonds is 3. The van der Waals surface area contributed by atoms with Crippen LogP contribution >= 0.6 is 0 Å². The average molecular weight is 280 g/mol. The lowest BCUT2D eigenvalue weighted by molar-refractivity contribution is 0.318. The third kappa shape index (κ3) is 4.37. The van der Waals surface area contributed by atoms with Crippen LogP contribution in [0.3, 0.4) is 0 Å². The highest BCUT2D eigenvalue weighted by atomic mass is 16.2. The number of nitrogens with two attached hydrogens (primary N) is 2. The van der Waals surface area contributed by atoms with Gasteiger partial charge in [-0.2, -0.15) is 0 Å². The minimum Gasteiger partial charge on any atom is -0.399 e. The van der Waals surface area contributed by atoms with E-state index < -0.39 is 0 Å². The number of nitrogens with one attached hydrogen (secondary N) is 1. The van der Waals surface area contributed by atoms with Crippen LogP contribution in [0.4, 0.5) is 11.4 Å². The minimum atomic E-state index is 0.250. The van der Waals surface area contributed by atoms with Gasteiger partial charge < -0.3 is 26.8 Å². The molecule has 20 heavy (non-hydrogen) atoms. The van der Waals surface area contributed by atoms with Crippen molar-refractivity contribution in [3.63, 3.8) is 0 Å². The topological polar surface area (TPSA) is 87.5 Å². The Balaban J connectivity index is 0.000000612. The molecule has 2 unspecified atom stereocenters. The third-order valence-electron chi connectivity index (χ3n) is 3.47. The molecule has 2 rings (SSSR count). The van der Waals surface area contributed by atoms with E-state index >= 15 is 0 Å². The smallest absolute Gasteiger partial charge is 0.0430 e. The molecule has 0 radical (unpaired) electrons. The summed E-state index contributed by atoms with van der Waals surface area (Å²) >= 11 is 0. The Kier molecular flexibility index (Phi) is 6.78. The fourth-order valence-corrected chi connectivity index (χ4v) is 2.54. The quantitative estimate of drug-likeness (QED) is 0.612. The first-order valence-corrected chi connectivity index (χ1v) is 7.17. The molecule has 1 aliphatic heterocycles. The molecule has 0 amide bonds. The Hall–Kier alpha value is -1.30. The van der Waals surface area contributed by atoms with Gasteiger partial charge >= 0.3 is 0 Å². The van der Waals surface area contributed by atoms with Crippen molar-refractivity contribution in [2.45, 2.75) is 32.4 Å². The van der Waals surface area contributed by atoms with Gasteiger partial charge in [-0.3, -0.25) is 0 Å². The number of aliphatic hydroxyl groups excluding tert-OH is 1. The molecule has 0 saturated carbocycles. The normalized spacial score (nSPS) is 21.6. The maximum atomic E-state index is 7.57. The van der Waals surface area contributed by atoms with E-state index in [9.17, 15) is 0 Å². The largest absolute Gasteiger partial charge is 0.399 e. The van der Waals surface area contributed by atoms with Crippen molar-refractivity contribution in [1.82, 2.24) is 5.32 Å². The Morgan fingerprint density at radius 1 is 1.45 bits per heavy atom. The van der Waals surface area contributed by atoms with Crippen LogP contribution in [0.1, 0.15) is 18.9 Å².